The van der Waals surface area contributed by atoms with Crippen LogP contribution in [-0.2, 0) is 15.6 Å². The monoisotopic (exact) mass is 771 g/mol. The Kier molecular flexibility index (Phi) is 9.22. The summed E-state index contributed by atoms with van der Waals surface area (Å²) in [6, 6.07) is 27.2. The topological polar surface area (TPSA) is 48.6 Å². The molecule has 4 heterocycles. The Labute approximate surface area is 345 Å². The number of hydrogen-bond donors (Lipinski definition) is 0. The molecule has 0 amide bonds. The highest BCUT2D eigenvalue weighted by atomic mass is 16.5. The molecule has 1 saturated carbocycles. The van der Waals surface area contributed by atoms with Gasteiger partial charge in [-0.2, -0.15) is 0 Å². The van der Waals surface area contributed by atoms with Crippen molar-refractivity contribution in [2.75, 3.05) is 6.61 Å². The van der Waals surface area contributed by atoms with Gasteiger partial charge in [-0.05, 0) is 125 Å². The fourth-order valence-electron chi connectivity index (χ4n) is 10.3. The first kappa shape index (κ1) is 38.6. The van der Waals surface area contributed by atoms with Crippen LogP contribution in [0.1, 0.15) is 152 Å². The van der Waals surface area contributed by atoms with E-state index in [0.717, 1.165) is 45.4 Å². The molecule has 4 aromatic carbocycles. The molecule has 1 aliphatic carbocycles. The van der Waals surface area contributed by atoms with E-state index in [4.69, 9.17) is 19.5 Å². The summed E-state index contributed by atoms with van der Waals surface area (Å²) in [7, 11) is 0. The van der Waals surface area contributed by atoms with E-state index in [1.165, 1.54) is 81.8 Å². The lowest BCUT2D eigenvalue weighted by molar-refractivity contribution is 0.170. The molecule has 5 nitrogen and oxygen atoms in total. The minimum absolute atomic E-state index is 0.00395. The summed E-state index contributed by atoms with van der Waals surface area (Å²) in [5.74, 6) is 4.59. The first-order valence-corrected chi connectivity index (χ1v) is 21.8. The Morgan fingerprint density at radius 1 is 0.793 bits per heavy atom. The van der Waals surface area contributed by atoms with Gasteiger partial charge in [0.1, 0.15) is 23.9 Å². The molecule has 1 fully saturated rings. The quantitative estimate of drug-likeness (QED) is 0.162. The third-order valence-corrected chi connectivity index (χ3v) is 13.8. The van der Waals surface area contributed by atoms with E-state index >= 15 is 0 Å². The third kappa shape index (κ3) is 6.26. The Hall–Kier alpha value is -4.90. The molecule has 0 spiro atoms. The maximum absolute atomic E-state index is 7.16. The number of aliphatic imine (C=N–C) groups is 1. The third-order valence-electron chi connectivity index (χ3n) is 13.8. The van der Waals surface area contributed by atoms with Crippen molar-refractivity contribution in [1.29, 1.82) is 0 Å². The second kappa shape index (κ2) is 13.9. The van der Waals surface area contributed by atoms with Crippen molar-refractivity contribution in [2.24, 2.45) is 10.9 Å². The summed E-state index contributed by atoms with van der Waals surface area (Å²) in [4.78, 5) is 10.5. The number of aryl methyl sites for hydroxylation is 1. The Balaban J connectivity index is 1.24. The first-order chi connectivity index (χ1) is 27.5. The van der Waals surface area contributed by atoms with Gasteiger partial charge < -0.3 is 9.47 Å². The predicted octanol–water partition coefficient (Wildman–Crippen LogP) is 14.2. The van der Waals surface area contributed by atoms with Crippen molar-refractivity contribution in [3.8, 4) is 28.4 Å². The maximum atomic E-state index is 7.16. The van der Waals surface area contributed by atoms with Crippen LogP contribution in [0.25, 0.3) is 38.8 Å². The molecule has 9 rings (SSSR count). The van der Waals surface area contributed by atoms with Gasteiger partial charge in [0.05, 0.1) is 16.6 Å². The zero-order valence-electron chi connectivity index (χ0n) is 36.6. The van der Waals surface area contributed by atoms with Gasteiger partial charge in [0.2, 0.25) is 5.90 Å². The summed E-state index contributed by atoms with van der Waals surface area (Å²) in [6.45, 7) is 25.9. The highest BCUT2D eigenvalue weighted by Gasteiger charge is 2.41. The Bertz CT molecular complexity index is 2600. The highest BCUT2D eigenvalue weighted by Crippen LogP contribution is 2.50. The average Bonchev–Trinajstić information content (AvgIpc) is 3.75. The van der Waals surface area contributed by atoms with Gasteiger partial charge >= 0.3 is 0 Å². The van der Waals surface area contributed by atoms with E-state index in [2.05, 4.69) is 154 Å². The van der Waals surface area contributed by atoms with Gasteiger partial charge in [-0.1, -0.05) is 112 Å². The molecular weight excluding hydrogens is 711 g/mol. The van der Waals surface area contributed by atoms with Gasteiger partial charge in [-0.25, -0.2) is 9.98 Å². The SMILES string of the molecule is Cc1cc2c3cc(C(C)(C)C)cc4c3n(c2cc1Oc1cc(C2=N[C@](C)(C3CCCCC3)CO2)cc(-c2c(C(C)C)cccc2C(C)C)c1)-c1ncccc1C4(C)C. The summed E-state index contributed by atoms with van der Waals surface area (Å²) in [5.41, 5.74) is 13.0. The molecule has 1 atom stereocenters. The molecule has 58 heavy (non-hydrogen) atoms. The number of fused-ring (bicyclic) bond motifs is 5. The van der Waals surface area contributed by atoms with Gasteiger partial charge in [0.25, 0.3) is 0 Å². The van der Waals surface area contributed by atoms with Crippen LogP contribution in [0.3, 0.4) is 0 Å². The summed E-state index contributed by atoms with van der Waals surface area (Å²) < 4.78 is 16.1. The number of benzene rings is 4. The standard InChI is InChI=1S/C53H61N3O2/c1-31(2)39-19-15-20-40(32(3)4)47(39)34-24-35(50-55-53(11,30-57-50)36-17-13-12-14-18-36)26-38(25-34)58-46-29-45-41(23-33(46)5)42-27-37(51(6,7)8)28-44-48(42)56(45)49-43(52(44,9)10)21-16-22-54-49/h15-16,19-29,31-32,36H,12-14,17-18,30H2,1-11H3/t53-/m0/s1. The second-order valence-electron chi connectivity index (χ2n) is 20.0. The molecular formula is C53H61N3O2. The molecule has 300 valence electrons. The van der Waals surface area contributed by atoms with Crippen LogP contribution in [0.5, 0.6) is 11.5 Å². The second-order valence-corrected chi connectivity index (χ2v) is 20.0. The Morgan fingerprint density at radius 2 is 1.50 bits per heavy atom. The van der Waals surface area contributed by atoms with Crippen LogP contribution in [0, 0.1) is 12.8 Å². The van der Waals surface area contributed by atoms with Gasteiger partial charge in [0.15, 0.2) is 0 Å². The maximum Gasteiger partial charge on any atom is 0.216 e. The van der Waals surface area contributed by atoms with Crippen molar-refractivity contribution in [3.63, 3.8) is 0 Å². The van der Waals surface area contributed by atoms with E-state index in [-0.39, 0.29) is 16.4 Å². The van der Waals surface area contributed by atoms with E-state index in [1.807, 2.05) is 6.20 Å². The Morgan fingerprint density at radius 3 is 2.19 bits per heavy atom. The van der Waals surface area contributed by atoms with E-state index in [9.17, 15) is 0 Å². The lowest BCUT2D eigenvalue weighted by atomic mass is 9.73. The van der Waals surface area contributed by atoms with E-state index in [1.54, 1.807) is 0 Å². The van der Waals surface area contributed by atoms with Crippen LogP contribution in [0.15, 0.2) is 84.0 Å². The summed E-state index contributed by atoms with van der Waals surface area (Å²) >= 11 is 0. The van der Waals surface area contributed by atoms with Gasteiger partial charge in [-0.15, -0.1) is 0 Å². The van der Waals surface area contributed by atoms with Crippen molar-refractivity contribution in [1.82, 2.24) is 9.55 Å². The number of aromatic nitrogens is 2. The number of hydrogen-bond acceptors (Lipinski definition) is 4. The van der Waals surface area contributed by atoms with E-state index < -0.39 is 0 Å². The van der Waals surface area contributed by atoms with Crippen LogP contribution in [0.2, 0.25) is 0 Å². The number of pyridine rings is 1. The van der Waals surface area contributed by atoms with Crippen molar-refractivity contribution in [2.45, 2.75) is 136 Å². The van der Waals surface area contributed by atoms with Crippen molar-refractivity contribution in [3.05, 3.63) is 118 Å². The van der Waals surface area contributed by atoms with Gasteiger partial charge in [0, 0.05) is 39.6 Å². The molecule has 5 heteroatoms. The highest BCUT2D eigenvalue weighted by molar-refractivity contribution is 6.12. The van der Waals surface area contributed by atoms with E-state index in [0.29, 0.717) is 24.4 Å². The molecule has 0 N–H and O–H groups in total. The van der Waals surface area contributed by atoms with Crippen molar-refractivity contribution >= 4 is 27.7 Å². The van der Waals surface area contributed by atoms with Crippen LogP contribution >= 0.6 is 0 Å². The lowest BCUT2D eigenvalue weighted by Gasteiger charge is -2.35. The molecule has 0 saturated heterocycles. The fraction of sp³-hybridized carbons (Fsp3) is 0.434. The van der Waals surface area contributed by atoms with Crippen LogP contribution < -0.4 is 4.74 Å². The minimum atomic E-state index is -0.212. The first-order valence-electron chi connectivity index (χ1n) is 21.8. The van der Waals surface area contributed by atoms with Crippen LogP contribution in [0.4, 0.5) is 0 Å². The lowest BCUT2D eigenvalue weighted by Crippen LogP contribution is -2.35. The molecule has 2 aromatic heterocycles. The zero-order valence-corrected chi connectivity index (χ0v) is 36.6. The number of ether oxygens (including phenoxy) is 2. The minimum Gasteiger partial charge on any atom is -0.475 e. The molecule has 0 bridgehead atoms. The molecule has 0 radical (unpaired) electrons. The number of rotatable bonds is 7. The fourth-order valence-corrected chi connectivity index (χ4v) is 10.3. The summed E-state index contributed by atoms with van der Waals surface area (Å²) in [5, 5.41) is 2.49. The molecule has 3 aliphatic rings. The van der Waals surface area contributed by atoms with Crippen molar-refractivity contribution < 1.29 is 9.47 Å². The summed E-state index contributed by atoms with van der Waals surface area (Å²) in [6.07, 6.45) is 8.26. The van der Waals surface area contributed by atoms with Crippen LogP contribution in [-0.4, -0.2) is 27.6 Å². The largest absolute Gasteiger partial charge is 0.475 e. The number of nitrogens with zero attached hydrogens (tertiary/aromatic N) is 3. The molecule has 0 unspecified atom stereocenters. The molecule has 6 aromatic rings. The van der Waals surface area contributed by atoms with Gasteiger partial charge in [-0.3, -0.25) is 4.57 Å². The predicted molar refractivity (Wildman–Crippen MR) is 242 cm³/mol. The normalized spacial score (nSPS) is 19.2. The average molecular weight is 772 g/mol. The molecule has 2 aliphatic heterocycles. The zero-order chi connectivity index (χ0) is 40.9. The smallest absolute Gasteiger partial charge is 0.216 e.